The zero-order valence-corrected chi connectivity index (χ0v) is 15.6. The van der Waals surface area contributed by atoms with Gasteiger partial charge < -0.3 is 15.4 Å². The number of carbonyl (C=O) groups excluding carboxylic acids is 2. The third kappa shape index (κ3) is 4.70. The van der Waals surface area contributed by atoms with E-state index in [0.29, 0.717) is 17.1 Å². The van der Waals surface area contributed by atoms with E-state index in [2.05, 4.69) is 32.3 Å². The zero-order valence-electron chi connectivity index (χ0n) is 15.6. The summed E-state index contributed by atoms with van der Waals surface area (Å²) >= 11 is 0. The second-order valence-corrected chi connectivity index (χ2v) is 5.99. The Labute approximate surface area is 162 Å². The molecule has 0 aliphatic rings. The van der Waals surface area contributed by atoms with Gasteiger partial charge in [0, 0.05) is 11.4 Å². The van der Waals surface area contributed by atoms with E-state index in [0.717, 1.165) is 12.1 Å². The third-order valence-electron chi connectivity index (χ3n) is 4.06. The Hall–Kier alpha value is -3.74. The van der Waals surface area contributed by atoms with E-state index >= 15 is 0 Å². The lowest BCUT2D eigenvalue weighted by Gasteiger charge is -2.08. The molecule has 28 heavy (non-hydrogen) atoms. The number of carbonyl (C=O) groups is 2. The first-order chi connectivity index (χ1) is 13.6. The molecule has 1 amide bonds. The number of anilines is 3. The molecule has 3 aromatic rings. The van der Waals surface area contributed by atoms with E-state index in [4.69, 9.17) is 0 Å². The van der Waals surface area contributed by atoms with Crippen molar-refractivity contribution in [1.29, 1.82) is 0 Å². The van der Waals surface area contributed by atoms with E-state index in [1.807, 2.05) is 24.3 Å². The molecule has 2 N–H and O–H groups in total. The molecule has 3 rings (SSSR count). The summed E-state index contributed by atoms with van der Waals surface area (Å²) in [6, 6.07) is 14.5. The van der Waals surface area contributed by atoms with Crippen LogP contribution in [0.4, 0.5) is 17.2 Å². The van der Waals surface area contributed by atoms with E-state index in [1.54, 1.807) is 18.2 Å². The van der Waals surface area contributed by atoms with Gasteiger partial charge >= 0.3 is 5.97 Å². The lowest BCUT2D eigenvalue weighted by atomic mass is 10.1. The highest BCUT2D eigenvalue weighted by molar-refractivity contribution is 6.03. The molecule has 0 unspecified atom stereocenters. The van der Waals surface area contributed by atoms with Gasteiger partial charge in [0.2, 0.25) is 0 Å². The molecule has 7 nitrogen and oxygen atoms in total. The Morgan fingerprint density at radius 2 is 1.79 bits per heavy atom. The Morgan fingerprint density at radius 1 is 1.00 bits per heavy atom. The molecular weight excluding hydrogens is 356 g/mol. The van der Waals surface area contributed by atoms with E-state index in [1.165, 1.54) is 31.1 Å². The van der Waals surface area contributed by atoms with Gasteiger partial charge in [0.15, 0.2) is 0 Å². The smallest absolute Gasteiger partial charge is 0.337 e. The van der Waals surface area contributed by atoms with Crippen LogP contribution in [0.15, 0.2) is 60.9 Å². The molecule has 0 aliphatic carbocycles. The SMILES string of the molecule is CCc1ccc(Nc2cnc(C(=O)Nc3cccc(C(=O)OC)c3)cn2)cc1. The molecule has 2 aromatic carbocycles. The minimum absolute atomic E-state index is 0.162. The lowest BCUT2D eigenvalue weighted by molar-refractivity contribution is 0.0600. The van der Waals surface area contributed by atoms with Crippen LogP contribution in [-0.4, -0.2) is 29.0 Å². The van der Waals surface area contributed by atoms with Crippen LogP contribution in [0.2, 0.25) is 0 Å². The monoisotopic (exact) mass is 376 g/mol. The number of hydrogen-bond acceptors (Lipinski definition) is 6. The highest BCUT2D eigenvalue weighted by Crippen LogP contribution is 2.16. The van der Waals surface area contributed by atoms with E-state index in [9.17, 15) is 9.59 Å². The van der Waals surface area contributed by atoms with Crippen molar-refractivity contribution in [2.45, 2.75) is 13.3 Å². The van der Waals surface area contributed by atoms with Gasteiger partial charge in [0.1, 0.15) is 11.5 Å². The molecule has 1 heterocycles. The predicted octanol–water partition coefficient (Wildman–Crippen LogP) is 3.82. The van der Waals surface area contributed by atoms with Gasteiger partial charge in [-0.15, -0.1) is 0 Å². The van der Waals surface area contributed by atoms with Gasteiger partial charge in [-0.3, -0.25) is 4.79 Å². The summed E-state index contributed by atoms with van der Waals surface area (Å²) in [6.45, 7) is 2.10. The maximum Gasteiger partial charge on any atom is 0.337 e. The Morgan fingerprint density at radius 3 is 2.43 bits per heavy atom. The topological polar surface area (TPSA) is 93.2 Å². The number of aromatic nitrogens is 2. The van der Waals surface area contributed by atoms with Crippen LogP contribution >= 0.6 is 0 Å². The first-order valence-electron chi connectivity index (χ1n) is 8.76. The number of hydrogen-bond donors (Lipinski definition) is 2. The summed E-state index contributed by atoms with van der Waals surface area (Å²) in [5.74, 6) is -0.361. The van der Waals surface area contributed by atoms with Crippen molar-refractivity contribution >= 4 is 29.1 Å². The maximum absolute atomic E-state index is 12.4. The van der Waals surface area contributed by atoms with Gasteiger partial charge in [-0.1, -0.05) is 25.1 Å². The quantitative estimate of drug-likeness (QED) is 0.635. The number of esters is 1. The number of nitrogens with zero attached hydrogens (tertiary/aromatic N) is 2. The van der Waals surface area contributed by atoms with E-state index in [-0.39, 0.29) is 5.69 Å². The number of nitrogens with one attached hydrogen (secondary N) is 2. The summed E-state index contributed by atoms with van der Waals surface area (Å²) in [6.07, 6.45) is 3.86. The molecule has 0 aliphatic heterocycles. The minimum Gasteiger partial charge on any atom is -0.465 e. The first-order valence-corrected chi connectivity index (χ1v) is 8.76. The standard InChI is InChI=1S/C21H20N4O3/c1-3-14-7-9-16(10-8-14)24-19-13-22-18(12-23-19)20(26)25-17-6-4-5-15(11-17)21(27)28-2/h4-13H,3H2,1-2H3,(H,23,24)(H,25,26). The molecular formula is C21H20N4O3. The van der Waals surface area contributed by atoms with Crippen LogP contribution in [0.25, 0.3) is 0 Å². The van der Waals surface area contributed by atoms with Crippen LogP contribution in [0.3, 0.4) is 0 Å². The summed E-state index contributed by atoms with van der Waals surface area (Å²) in [4.78, 5) is 32.3. The molecule has 0 saturated carbocycles. The highest BCUT2D eigenvalue weighted by Gasteiger charge is 2.11. The highest BCUT2D eigenvalue weighted by atomic mass is 16.5. The van der Waals surface area contributed by atoms with Crippen molar-refractivity contribution in [3.8, 4) is 0 Å². The molecule has 0 fully saturated rings. The van der Waals surface area contributed by atoms with Gasteiger partial charge in [-0.25, -0.2) is 14.8 Å². The van der Waals surface area contributed by atoms with Gasteiger partial charge in [-0.05, 0) is 42.3 Å². The Kier molecular flexibility index (Phi) is 5.96. The average Bonchev–Trinajstić information content (AvgIpc) is 2.74. The van der Waals surface area contributed by atoms with E-state index < -0.39 is 11.9 Å². The maximum atomic E-state index is 12.4. The number of aryl methyl sites for hydroxylation is 1. The molecule has 0 radical (unpaired) electrons. The first kappa shape index (κ1) is 19.0. The average molecular weight is 376 g/mol. The molecule has 0 saturated heterocycles. The fourth-order valence-electron chi connectivity index (χ4n) is 2.52. The fourth-order valence-corrected chi connectivity index (χ4v) is 2.52. The van der Waals surface area contributed by atoms with Crippen LogP contribution in [0, 0.1) is 0 Å². The molecule has 0 spiro atoms. The molecule has 0 atom stereocenters. The lowest BCUT2D eigenvalue weighted by Crippen LogP contribution is -2.14. The van der Waals surface area contributed by atoms with Gasteiger partial charge in [0.25, 0.3) is 5.91 Å². The van der Waals surface area contributed by atoms with Crippen LogP contribution in [-0.2, 0) is 11.2 Å². The van der Waals surface area contributed by atoms with Crippen molar-refractivity contribution in [3.05, 3.63) is 77.7 Å². The fraction of sp³-hybridized carbons (Fsp3) is 0.143. The number of amides is 1. The van der Waals surface area contributed by atoms with Crippen LogP contribution in [0.1, 0.15) is 33.3 Å². The molecule has 142 valence electrons. The minimum atomic E-state index is -0.474. The second-order valence-electron chi connectivity index (χ2n) is 5.99. The van der Waals surface area contributed by atoms with Crippen molar-refractivity contribution in [2.75, 3.05) is 17.7 Å². The Bertz CT molecular complexity index is 970. The second kappa shape index (κ2) is 8.77. The normalized spacial score (nSPS) is 10.2. The summed E-state index contributed by atoms with van der Waals surface area (Å²) in [7, 11) is 1.30. The number of rotatable bonds is 6. The number of methoxy groups -OCH3 is 1. The predicted molar refractivity (Wildman–Crippen MR) is 107 cm³/mol. The summed E-state index contributed by atoms with van der Waals surface area (Å²) in [5, 5.41) is 5.83. The van der Waals surface area contributed by atoms with Crippen molar-refractivity contribution in [2.24, 2.45) is 0 Å². The van der Waals surface area contributed by atoms with Crippen LogP contribution in [0.5, 0.6) is 0 Å². The van der Waals surface area contributed by atoms with Gasteiger partial charge in [0.05, 0.1) is 25.1 Å². The van der Waals surface area contributed by atoms with Crippen molar-refractivity contribution in [1.82, 2.24) is 9.97 Å². The molecule has 7 heteroatoms. The third-order valence-corrected chi connectivity index (χ3v) is 4.06. The van der Waals surface area contributed by atoms with Gasteiger partial charge in [-0.2, -0.15) is 0 Å². The number of ether oxygens (including phenoxy) is 1. The molecule has 1 aromatic heterocycles. The zero-order chi connectivity index (χ0) is 19.9. The summed E-state index contributed by atoms with van der Waals surface area (Å²) < 4.78 is 4.67. The largest absolute Gasteiger partial charge is 0.465 e. The molecule has 0 bridgehead atoms. The van der Waals surface area contributed by atoms with Crippen LogP contribution < -0.4 is 10.6 Å². The van der Waals surface area contributed by atoms with Crippen molar-refractivity contribution in [3.63, 3.8) is 0 Å². The van der Waals surface area contributed by atoms with Crippen molar-refractivity contribution < 1.29 is 14.3 Å². The number of benzene rings is 2. The Balaban J connectivity index is 1.65. The summed E-state index contributed by atoms with van der Waals surface area (Å²) in [5.41, 5.74) is 3.12.